The third-order valence-electron chi connectivity index (χ3n) is 6.42. The number of alkyl carbamates (subject to hydrolysis) is 1. The zero-order valence-corrected chi connectivity index (χ0v) is 21.9. The second-order valence-corrected chi connectivity index (χ2v) is 9.91. The number of carbonyl (C=O) groups excluding carboxylic acids is 1. The Morgan fingerprint density at radius 3 is 1.35 bits per heavy atom. The van der Waals surface area contributed by atoms with Gasteiger partial charge in [-0.25, -0.2) is 4.79 Å². The highest BCUT2D eigenvalue weighted by molar-refractivity contribution is 5.70. The Morgan fingerprint density at radius 2 is 1.00 bits per heavy atom. The Morgan fingerprint density at radius 1 is 0.647 bits per heavy atom. The first-order chi connectivity index (χ1) is 16.3. The second-order valence-electron chi connectivity index (χ2n) is 9.91. The van der Waals surface area contributed by atoms with Gasteiger partial charge >= 0.3 is 18.0 Å². The van der Waals surface area contributed by atoms with Crippen molar-refractivity contribution >= 4 is 18.0 Å². The van der Waals surface area contributed by atoms with Crippen molar-refractivity contribution in [2.24, 2.45) is 0 Å². The number of carboxylic acids is 2. The number of hydrogen-bond donors (Lipinski definition) is 3. The van der Waals surface area contributed by atoms with Crippen molar-refractivity contribution in [1.29, 1.82) is 0 Å². The van der Waals surface area contributed by atoms with Crippen LogP contribution in [-0.2, 0) is 14.3 Å². The lowest BCUT2D eigenvalue weighted by atomic mass is 9.90. The van der Waals surface area contributed by atoms with E-state index in [9.17, 15) is 14.4 Å². The summed E-state index contributed by atoms with van der Waals surface area (Å²) in [4.78, 5) is 33.8. The number of nitrogens with one attached hydrogen (secondary N) is 1. The zero-order valence-electron chi connectivity index (χ0n) is 21.9. The van der Waals surface area contributed by atoms with Crippen molar-refractivity contribution < 1.29 is 29.3 Å². The summed E-state index contributed by atoms with van der Waals surface area (Å²) < 4.78 is 5.23. The number of hydrogen-bond acceptors (Lipinski definition) is 4. The summed E-state index contributed by atoms with van der Waals surface area (Å²) >= 11 is 0. The van der Waals surface area contributed by atoms with E-state index >= 15 is 0 Å². The molecule has 3 N–H and O–H groups in total. The van der Waals surface area contributed by atoms with Crippen LogP contribution in [0.1, 0.15) is 142 Å². The predicted molar refractivity (Wildman–Crippen MR) is 136 cm³/mol. The van der Waals surface area contributed by atoms with E-state index in [0.29, 0.717) is 6.61 Å². The summed E-state index contributed by atoms with van der Waals surface area (Å²) in [6, 6.07) is 0. The molecule has 0 aliphatic rings. The molecule has 0 aliphatic carbocycles. The molecule has 200 valence electrons. The van der Waals surface area contributed by atoms with Crippen molar-refractivity contribution in [3.05, 3.63) is 0 Å². The van der Waals surface area contributed by atoms with Crippen LogP contribution in [0.4, 0.5) is 4.79 Å². The van der Waals surface area contributed by atoms with E-state index in [0.717, 1.165) is 19.3 Å². The van der Waals surface area contributed by atoms with E-state index in [1.54, 1.807) is 6.92 Å². The van der Waals surface area contributed by atoms with Crippen LogP contribution in [0.15, 0.2) is 0 Å². The lowest BCUT2D eigenvalue weighted by Gasteiger charge is -2.29. The molecule has 0 aromatic rings. The Balaban J connectivity index is 3.65. The second kappa shape index (κ2) is 21.7. The molecule has 0 heterocycles. The number of carboxylic acid groups (broad SMARTS) is 2. The van der Waals surface area contributed by atoms with Gasteiger partial charge in [-0.15, -0.1) is 0 Å². The molecule has 34 heavy (non-hydrogen) atoms. The molecule has 0 aromatic heterocycles. The van der Waals surface area contributed by atoms with E-state index in [4.69, 9.17) is 14.9 Å². The van der Waals surface area contributed by atoms with Gasteiger partial charge in [0.1, 0.15) is 0 Å². The smallest absolute Gasteiger partial charge is 0.407 e. The average molecular weight is 486 g/mol. The summed E-state index contributed by atoms with van der Waals surface area (Å²) in [5.74, 6) is -1.96. The highest BCUT2D eigenvalue weighted by atomic mass is 16.5. The van der Waals surface area contributed by atoms with Crippen LogP contribution in [0, 0.1) is 0 Å². The Bertz CT molecular complexity index is 519. The third kappa shape index (κ3) is 22.0. The van der Waals surface area contributed by atoms with E-state index < -0.39 is 23.6 Å². The van der Waals surface area contributed by atoms with Gasteiger partial charge < -0.3 is 20.3 Å². The maximum Gasteiger partial charge on any atom is 0.407 e. The number of unbranched alkanes of at least 4 members (excludes halogenated alkanes) is 15. The van der Waals surface area contributed by atoms with Crippen LogP contribution < -0.4 is 5.32 Å². The predicted octanol–water partition coefficient (Wildman–Crippen LogP) is 7.46. The molecule has 0 radical (unpaired) electrons. The van der Waals surface area contributed by atoms with Crippen molar-refractivity contribution in [2.75, 3.05) is 6.61 Å². The minimum atomic E-state index is -0.982. The molecule has 0 saturated carbocycles. The normalized spacial score (nSPS) is 11.4. The van der Waals surface area contributed by atoms with Crippen LogP contribution in [0.25, 0.3) is 0 Å². The average Bonchev–Trinajstić information content (AvgIpc) is 2.78. The third-order valence-corrected chi connectivity index (χ3v) is 6.42. The van der Waals surface area contributed by atoms with Gasteiger partial charge in [0.25, 0.3) is 0 Å². The summed E-state index contributed by atoms with van der Waals surface area (Å²) in [5, 5.41) is 20.5. The summed E-state index contributed by atoms with van der Waals surface area (Å²) in [6.07, 6.45) is 19.9. The minimum Gasteiger partial charge on any atom is -0.481 e. The SMILES string of the molecule is CCCCCCCCCCCCCCCCCCOC(=O)NC(C)(CCC(=O)O)CCC(=O)O. The fourth-order valence-electron chi connectivity index (χ4n) is 4.11. The van der Waals surface area contributed by atoms with E-state index in [1.165, 1.54) is 83.5 Å². The van der Waals surface area contributed by atoms with Crippen molar-refractivity contribution in [2.45, 2.75) is 148 Å². The van der Waals surface area contributed by atoms with Crippen molar-refractivity contribution in [3.63, 3.8) is 0 Å². The highest BCUT2D eigenvalue weighted by Gasteiger charge is 2.28. The molecule has 0 aliphatic heterocycles. The van der Waals surface area contributed by atoms with Crippen molar-refractivity contribution in [1.82, 2.24) is 5.32 Å². The molecule has 1 amide bonds. The number of ether oxygens (including phenoxy) is 1. The minimum absolute atomic E-state index is 0.143. The van der Waals surface area contributed by atoms with Gasteiger partial charge in [-0.3, -0.25) is 9.59 Å². The van der Waals surface area contributed by atoms with Gasteiger partial charge in [-0.05, 0) is 26.2 Å². The fourth-order valence-corrected chi connectivity index (χ4v) is 4.11. The molecule has 0 fully saturated rings. The molecule has 7 heteroatoms. The van der Waals surface area contributed by atoms with Gasteiger partial charge in [0.2, 0.25) is 0 Å². The van der Waals surface area contributed by atoms with Gasteiger partial charge in [0.15, 0.2) is 0 Å². The van der Waals surface area contributed by atoms with Gasteiger partial charge in [-0.1, -0.05) is 103 Å². The maximum absolute atomic E-state index is 12.1. The Labute approximate surface area is 207 Å². The quantitative estimate of drug-likeness (QED) is 0.122. The molecular formula is C27H51NO6. The number of aliphatic carboxylic acids is 2. The monoisotopic (exact) mass is 485 g/mol. The first kappa shape index (κ1) is 32.2. The van der Waals surface area contributed by atoms with Gasteiger partial charge in [-0.2, -0.15) is 0 Å². The fraction of sp³-hybridized carbons (Fsp3) is 0.889. The Hall–Kier alpha value is -1.79. The van der Waals surface area contributed by atoms with Crippen LogP contribution in [0.2, 0.25) is 0 Å². The van der Waals surface area contributed by atoms with Gasteiger partial charge in [0, 0.05) is 18.4 Å². The highest BCUT2D eigenvalue weighted by Crippen LogP contribution is 2.20. The van der Waals surface area contributed by atoms with Crippen molar-refractivity contribution in [3.8, 4) is 0 Å². The van der Waals surface area contributed by atoms with Gasteiger partial charge in [0.05, 0.1) is 6.61 Å². The molecule has 0 bridgehead atoms. The Kier molecular flexibility index (Phi) is 20.6. The summed E-state index contributed by atoms with van der Waals surface area (Å²) in [6.45, 7) is 4.24. The molecular weight excluding hydrogens is 434 g/mol. The number of amides is 1. The topological polar surface area (TPSA) is 113 Å². The van der Waals surface area contributed by atoms with E-state index in [1.807, 2.05) is 0 Å². The standard InChI is InChI=1S/C27H51NO6/c1-3-4-5-6-7-8-9-10-11-12-13-14-15-16-17-18-23-34-26(33)28-27(2,21-19-24(29)30)22-20-25(31)32/h3-23H2,1-2H3,(H,28,33)(H,29,30)(H,31,32). The molecule has 0 spiro atoms. The largest absolute Gasteiger partial charge is 0.481 e. The van der Waals surface area contributed by atoms with E-state index in [2.05, 4.69) is 12.2 Å². The van der Waals surface area contributed by atoms with Crippen LogP contribution in [0.3, 0.4) is 0 Å². The zero-order chi connectivity index (χ0) is 25.5. The molecule has 0 rings (SSSR count). The van der Waals surface area contributed by atoms with Crippen LogP contribution in [0.5, 0.6) is 0 Å². The van der Waals surface area contributed by atoms with Crippen LogP contribution in [-0.4, -0.2) is 40.4 Å². The molecule has 7 nitrogen and oxygen atoms in total. The number of rotatable bonds is 24. The number of carbonyl (C=O) groups is 3. The molecule has 0 atom stereocenters. The lowest BCUT2D eigenvalue weighted by molar-refractivity contribution is -0.137. The summed E-state index contributed by atoms with van der Waals surface area (Å²) in [5.41, 5.74) is -0.914. The lowest BCUT2D eigenvalue weighted by Crippen LogP contribution is -2.47. The summed E-state index contributed by atoms with van der Waals surface area (Å²) in [7, 11) is 0. The first-order valence-corrected chi connectivity index (χ1v) is 13.7. The molecule has 0 unspecified atom stereocenters. The molecule has 0 saturated heterocycles. The maximum atomic E-state index is 12.1. The first-order valence-electron chi connectivity index (χ1n) is 13.7. The van der Waals surface area contributed by atoms with Crippen LogP contribution >= 0.6 is 0 Å². The van der Waals surface area contributed by atoms with E-state index in [-0.39, 0.29) is 25.7 Å². The molecule has 0 aromatic carbocycles.